The third-order valence-corrected chi connectivity index (χ3v) is 9.40. The van der Waals surface area contributed by atoms with Gasteiger partial charge in [0.05, 0.1) is 51.0 Å². The normalized spacial score (nSPS) is 11.3. The van der Waals surface area contributed by atoms with Crippen molar-refractivity contribution in [2.45, 2.75) is 0 Å². The van der Waals surface area contributed by atoms with Gasteiger partial charge >= 0.3 is 0 Å². The van der Waals surface area contributed by atoms with Crippen molar-refractivity contribution in [2.75, 3.05) is 0 Å². The van der Waals surface area contributed by atoms with E-state index in [-0.39, 0.29) is 0 Å². The second-order valence-electron chi connectivity index (χ2n) is 12.0. The monoisotopic (exact) mass is 610 g/mol. The highest BCUT2D eigenvalue weighted by Crippen LogP contribution is 2.42. The molecule has 0 amide bonds. The van der Waals surface area contributed by atoms with Crippen LogP contribution in [0.1, 0.15) is 11.1 Å². The molecule has 0 radical (unpaired) electrons. The molecular weight excluding hydrogens is 585 g/mol. The molecule has 48 heavy (non-hydrogen) atoms. The Morgan fingerprint density at radius 2 is 0.958 bits per heavy atom. The van der Waals surface area contributed by atoms with E-state index in [0.717, 1.165) is 66.5 Å². The quantitative estimate of drug-likeness (QED) is 0.199. The van der Waals surface area contributed by atoms with Crippen LogP contribution in [-0.4, -0.2) is 9.13 Å². The molecule has 0 N–H and O–H groups in total. The van der Waals surface area contributed by atoms with E-state index in [0.29, 0.717) is 11.1 Å². The lowest BCUT2D eigenvalue weighted by atomic mass is 9.89. The molecule has 0 aliphatic carbocycles. The van der Waals surface area contributed by atoms with Crippen molar-refractivity contribution in [2.24, 2.45) is 0 Å². The Morgan fingerprint density at radius 3 is 1.52 bits per heavy atom. The molecule has 7 aromatic carbocycles. The first-order valence-electron chi connectivity index (χ1n) is 15.9. The summed E-state index contributed by atoms with van der Waals surface area (Å²) in [6.07, 6.45) is 0. The van der Waals surface area contributed by atoms with E-state index < -0.39 is 0 Å². The number of benzene rings is 7. The smallest absolute Gasteiger partial charge is 0.0998 e. The molecule has 2 aromatic heterocycles. The predicted molar refractivity (Wildman–Crippen MR) is 195 cm³/mol. The van der Waals surface area contributed by atoms with Crippen molar-refractivity contribution in [3.05, 3.63) is 169 Å². The standard InChI is InChI=1S/C44H26N4/c45-27-29-23-24-43(48-41-21-7-3-16-36(41)37-17-4-8-22-42(37)48)38(25-29)44-31(28-46)12-10-18-33(44)30-11-9-13-32(26-30)47-39-19-5-1-14-34(39)35-15-2-6-20-40(35)47/h1-26H. The van der Waals surface area contributed by atoms with Gasteiger partial charge in [-0.3, -0.25) is 0 Å². The zero-order valence-corrected chi connectivity index (χ0v) is 25.8. The molecule has 4 heteroatoms. The maximum Gasteiger partial charge on any atom is 0.0998 e. The lowest BCUT2D eigenvalue weighted by Gasteiger charge is -2.19. The molecular formula is C44H26N4. The van der Waals surface area contributed by atoms with Gasteiger partial charge < -0.3 is 9.13 Å². The zero-order valence-electron chi connectivity index (χ0n) is 25.8. The minimum atomic E-state index is 0.534. The highest BCUT2D eigenvalue weighted by atomic mass is 15.0. The van der Waals surface area contributed by atoms with E-state index in [1.807, 2.05) is 30.3 Å². The number of rotatable bonds is 4. The fourth-order valence-corrected chi connectivity index (χ4v) is 7.37. The molecule has 0 fully saturated rings. The second-order valence-corrected chi connectivity index (χ2v) is 12.0. The Balaban J connectivity index is 1.33. The molecule has 2 heterocycles. The Labute approximate surface area is 277 Å². The molecule has 4 nitrogen and oxygen atoms in total. The molecule has 9 aromatic rings. The van der Waals surface area contributed by atoms with Crippen LogP contribution in [0.2, 0.25) is 0 Å². The lowest BCUT2D eigenvalue weighted by molar-refractivity contribution is 1.18. The first-order valence-corrected chi connectivity index (χ1v) is 15.9. The average Bonchev–Trinajstić information content (AvgIpc) is 3.67. The highest BCUT2D eigenvalue weighted by Gasteiger charge is 2.21. The van der Waals surface area contributed by atoms with Gasteiger partial charge in [0.15, 0.2) is 0 Å². The van der Waals surface area contributed by atoms with Crippen molar-refractivity contribution >= 4 is 43.6 Å². The summed E-state index contributed by atoms with van der Waals surface area (Å²) in [5, 5.41) is 25.3. The van der Waals surface area contributed by atoms with Crippen LogP contribution in [0.25, 0.3) is 77.2 Å². The van der Waals surface area contributed by atoms with Crippen LogP contribution in [0.4, 0.5) is 0 Å². The van der Waals surface area contributed by atoms with Crippen LogP contribution in [0.3, 0.4) is 0 Å². The van der Waals surface area contributed by atoms with E-state index in [1.54, 1.807) is 0 Å². The minimum Gasteiger partial charge on any atom is -0.309 e. The van der Waals surface area contributed by atoms with E-state index in [4.69, 9.17) is 0 Å². The second kappa shape index (κ2) is 10.9. The fourth-order valence-electron chi connectivity index (χ4n) is 7.37. The maximum absolute atomic E-state index is 10.6. The van der Waals surface area contributed by atoms with Gasteiger partial charge in [0.1, 0.15) is 0 Å². The van der Waals surface area contributed by atoms with E-state index in [9.17, 15) is 10.5 Å². The van der Waals surface area contributed by atoms with Crippen molar-refractivity contribution < 1.29 is 0 Å². The average molecular weight is 611 g/mol. The van der Waals surface area contributed by atoms with Gasteiger partial charge in [0.25, 0.3) is 0 Å². The minimum absolute atomic E-state index is 0.534. The Bertz CT molecular complexity index is 2710. The first-order chi connectivity index (χ1) is 23.7. The van der Waals surface area contributed by atoms with Crippen molar-refractivity contribution in [3.63, 3.8) is 0 Å². The fraction of sp³-hybridized carbons (Fsp3) is 0. The van der Waals surface area contributed by atoms with Gasteiger partial charge in [-0.1, -0.05) is 97.1 Å². The van der Waals surface area contributed by atoms with Gasteiger partial charge in [-0.2, -0.15) is 10.5 Å². The van der Waals surface area contributed by atoms with Crippen LogP contribution in [-0.2, 0) is 0 Å². The summed E-state index contributed by atoms with van der Waals surface area (Å²) in [6.45, 7) is 0. The lowest BCUT2D eigenvalue weighted by Crippen LogP contribution is -2.01. The molecule has 0 atom stereocenters. The molecule has 222 valence electrons. The summed E-state index contributed by atoms with van der Waals surface area (Å²) in [6, 6.07) is 58.8. The maximum atomic E-state index is 10.6. The first kappa shape index (κ1) is 27.4. The Hall–Kier alpha value is -6.88. The summed E-state index contributed by atoms with van der Waals surface area (Å²) >= 11 is 0. The molecule has 0 saturated heterocycles. The van der Waals surface area contributed by atoms with Gasteiger partial charge in [0.2, 0.25) is 0 Å². The number of fused-ring (bicyclic) bond motifs is 6. The van der Waals surface area contributed by atoms with E-state index in [1.165, 1.54) is 10.8 Å². The molecule has 0 bridgehead atoms. The summed E-state index contributed by atoms with van der Waals surface area (Å²) in [7, 11) is 0. The van der Waals surface area contributed by atoms with Gasteiger partial charge in [0, 0.05) is 38.4 Å². The van der Waals surface area contributed by atoms with Crippen LogP contribution in [0, 0.1) is 22.7 Å². The van der Waals surface area contributed by atoms with Crippen molar-refractivity contribution in [1.82, 2.24) is 9.13 Å². The molecule has 0 unspecified atom stereocenters. The molecule has 9 rings (SSSR count). The Kier molecular flexibility index (Phi) is 6.22. The van der Waals surface area contributed by atoms with Crippen LogP contribution in [0.15, 0.2) is 158 Å². The van der Waals surface area contributed by atoms with Gasteiger partial charge in [-0.25, -0.2) is 0 Å². The highest BCUT2D eigenvalue weighted by molar-refractivity contribution is 6.11. The summed E-state index contributed by atoms with van der Waals surface area (Å²) in [4.78, 5) is 0. The SMILES string of the molecule is N#Cc1ccc(-n2c3ccccc3c3ccccc32)c(-c2c(C#N)cccc2-c2cccc(-n3c4ccccc4c4ccccc43)c2)c1. The third-order valence-electron chi connectivity index (χ3n) is 9.40. The molecule has 0 saturated carbocycles. The van der Waals surface area contributed by atoms with Gasteiger partial charge in [-0.15, -0.1) is 0 Å². The van der Waals surface area contributed by atoms with Crippen molar-refractivity contribution in [1.29, 1.82) is 10.5 Å². The summed E-state index contributed by atoms with van der Waals surface area (Å²) < 4.78 is 4.56. The molecule has 0 aliphatic rings. The topological polar surface area (TPSA) is 57.4 Å². The largest absolute Gasteiger partial charge is 0.309 e. The molecule has 0 aliphatic heterocycles. The van der Waals surface area contributed by atoms with Crippen molar-refractivity contribution in [3.8, 4) is 45.8 Å². The van der Waals surface area contributed by atoms with E-state index in [2.05, 4.69) is 149 Å². The summed E-state index contributed by atoms with van der Waals surface area (Å²) in [5.74, 6) is 0. The number of nitriles is 2. The zero-order chi connectivity index (χ0) is 32.2. The number of hydrogen-bond acceptors (Lipinski definition) is 2. The third kappa shape index (κ3) is 4.07. The van der Waals surface area contributed by atoms with Gasteiger partial charge in [-0.05, 0) is 71.8 Å². The number of para-hydroxylation sites is 4. The Morgan fingerprint density at radius 1 is 0.417 bits per heavy atom. The predicted octanol–water partition coefficient (Wildman–Crippen LogP) is 11.0. The van der Waals surface area contributed by atoms with Crippen LogP contribution < -0.4 is 0 Å². The number of aromatic nitrogens is 2. The number of hydrogen-bond donors (Lipinski definition) is 0. The number of nitrogens with zero attached hydrogens (tertiary/aromatic N) is 4. The summed E-state index contributed by atoms with van der Waals surface area (Å²) in [5.41, 5.74) is 11.0. The van der Waals surface area contributed by atoms with E-state index >= 15 is 0 Å². The van der Waals surface area contributed by atoms with Crippen LogP contribution >= 0.6 is 0 Å². The van der Waals surface area contributed by atoms with Crippen LogP contribution in [0.5, 0.6) is 0 Å². The molecule has 0 spiro atoms.